The van der Waals surface area contributed by atoms with E-state index in [1.54, 1.807) is 31.2 Å². The molecular weight excluding hydrogens is 356 g/mol. The number of carbonyl (C=O) groups excluding carboxylic acids is 1. The molecule has 3 rings (SSSR count). The van der Waals surface area contributed by atoms with Crippen molar-refractivity contribution in [1.82, 2.24) is 9.89 Å². The fourth-order valence-electron chi connectivity index (χ4n) is 2.87. The maximum atomic E-state index is 13.0. The van der Waals surface area contributed by atoms with Gasteiger partial charge in [0.1, 0.15) is 0 Å². The van der Waals surface area contributed by atoms with Crippen LogP contribution in [0.15, 0.2) is 64.4 Å². The Bertz CT molecular complexity index is 1050. The second kappa shape index (κ2) is 8.39. The number of aryl methyl sites for hydroxylation is 2. The minimum atomic E-state index is -0.686. The van der Waals surface area contributed by atoms with Crippen molar-refractivity contribution in [2.45, 2.75) is 20.3 Å². The lowest BCUT2D eigenvalue weighted by Crippen LogP contribution is -2.42. The number of ether oxygens (including phenoxy) is 1. The van der Waals surface area contributed by atoms with Crippen LogP contribution in [-0.2, 0) is 11.2 Å². The first-order valence-electron chi connectivity index (χ1n) is 8.93. The van der Waals surface area contributed by atoms with Gasteiger partial charge in [0.05, 0.1) is 24.0 Å². The summed E-state index contributed by atoms with van der Waals surface area (Å²) in [6.07, 6.45) is 1.68. The van der Waals surface area contributed by atoms with Crippen molar-refractivity contribution in [2.75, 3.05) is 12.1 Å². The van der Waals surface area contributed by atoms with E-state index in [9.17, 15) is 9.59 Å². The lowest BCUT2D eigenvalue weighted by Gasteiger charge is -2.20. The van der Waals surface area contributed by atoms with E-state index in [4.69, 9.17) is 4.74 Å². The van der Waals surface area contributed by atoms with E-state index < -0.39 is 11.7 Å². The number of anilines is 1. The lowest BCUT2D eigenvalue weighted by atomic mass is 10.1. The Labute approximate surface area is 162 Å². The first-order chi connectivity index (χ1) is 13.6. The highest BCUT2D eigenvalue weighted by molar-refractivity contribution is 5.88. The number of para-hydroxylation sites is 2. The summed E-state index contributed by atoms with van der Waals surface area (Å²) in [6.45, 7) is 3.81. The summed E-state index contributed by atoms with van der Waals surface area (Å²) in [4.78, 5) is 30.9. The van der Waals surface area contributed by atoms with E-state index in [0.717, 1.165) is 27.5 Å². The number of hydrogen-bond acceptors (Lipinski definition) is 4. The van der Waals surface area contributed by atoms with Gasteiger partial charge in [0.15, 0.2) is 0 Å². The third-order valence-corrected chi connectivity index (χ3v) is 4.35. The molecule has 7 nitrogen and oxygen atoms in total. The number of carbonyl (C=O) groups is 1. The molecule has 3 aromatic rings. The standard InChI is InChI=1S/C21H22N4O3/c1-4-16-10-8-9-13-19(16)22-14-18-15(2)23-25(20(18)26)24(21(27)28-3)17-11-6-5-7-12-17/h5-14,23H,4H2,1-3H3. The molecule has 0 radical (unpaired) electrons. The molecule has 1 heterocycles. The minimum Gasteiger partial charge on any atom is -0.451 e. The maximum absolute atomic E-state index is 13.0. The van der Waals surface area contributed by atoms with E-state index in [0.29, 0.717) is 16.9 Å². The highest BCUT2D eigenvalue weighted by Gasteiger charge is 2.23. The number of aromatic amines is 1. The molecule has 0 unspecified atom stereocenters. The van der Waals surface area contributed by atoms with Crippen molar-refractivity contribution < 1.29 is 9.53 Å². The predicted molar refractivity (Wildman–Crippen MR) is 110 cm³/mol. The van der Waals surface area contributed by atoms with Crippen molar-refractivity contribution in [2.24, 2.45) is 4.99 Å². The quantitative estimate of drug-likeness (QED) is 0.685. The van der Waals surface area contributed by atoms with E-state index >= 15 is 0 Å². The van der Waals surface area contributed by atoms with Crippen LogP contribution in [0.3, 0.4) is 0 Å². The number of hydrogen-bond donors (Lipinski definition) is 1. The first-order valence-corrected chi connectivity index (χ1v) is 8.93. The number of nitrogens with zero attached hydrogens (tertiary/aromatic N) is 3. The Hall–Kier alpha value is -3.61. The van der Waals surface area contributed by atoms with Crippen LogP contribution >= 0.6 is 0 Å². The Balaban J connectivity index is 2.04. The van der Waals surface area contributed by atoms with E-state index in [1.807, 2.05) is 30.3 Å². The van der Waals surface area contributed by atoms with Gasteiger partial charge in [-0.1, -0.05) is 43.3 Å². The number of aromatic nitrogens is 2. The summed E-state index contributed by atoms with van der Waals surface area (Å²) in [6, 6.07) is 16.6. The molecule has 0 bridgehead atoms. The van der Waals surface area contributed by atoms with Crippen molar-refractivity contribution in [3.63, 3.8) is 0 Å². The fraction of sp³-hybridized carbons (Fsp3) is 0.190. The van der Waals surface area contributed by atoms with Gasteiger partial charge in [-0.25, -0.2) is 4.79 Å². The summed E-state index contributed by atoms with van der Waals surface area (Å²) < 4.78 is 4.86. The average Bonchev–Trinajstić information content (AvgIpc) is 3.00. The molecule has 28 heavy (non-hydrogen) atoms. The van der Waals surface area contributed by atoms with Gasteiger partial charge in [-0.05, 0) is 37.1 Å². The van der Waals surface area contributed by atoms with Crippen molar-refractivity contribution in [1.29, 1.82) is 0 Å². The number of rotatable bonds is 5. The predicted octanol–water partition coefficient (Wildman–Crippen LogP) is 3.83. The van der Waals surface area contributed by atoms with Crippen LogP contribution in [0.5, 0.6) is 0 Å². The zero-order chi connectivity index (χ0) is 20.1. The van der Waals surface area contributed by atoms with Gasteiger partial charge in [-0.3, -0.25) is 14.9 Å². The monoisotopic (exact) mass is 378 g/mol. The smallest absolute Gasteiger partial charge is 0.435 e. The highest BCUT2D eigenvalue weighted by atomic mass is 16.5. The summed E-state index contributed by atoms with van der Waals surface area (Å²) in [5.41, 5.74) is 2.96. The summed E-state index contributed by atoms with van der Waals surface area (Å²) >= 11 is 0. The van der Waals surface area contributed by atoms with E-state index in [-0.39, 0.29) is 0 Å². The molecule has 1 aromatic heterocycles. The number of nitrogens with one attached hydrogen (secondary N) is 1. The molecule has 0 aliphatic heterocycles. The van der Waals surface area contributed by atoms with Crippen LogP contribution in [0.25, 0.3) is 0 Å². The SMILES string of the molecule is CCc1ccccc1N=Cc1c(C)[nH]n(N(C(=O)OC)c2ccccc2)c1=O. The fourth-order valence-corrected chi connectivity index (χ4v) is 2.87. The molecule has 0 saturated heterocycles. The molecule has 0 aliphatic carbocycles. The molecule has 1 N–H and O–H groups in total. The second-order valence-corrected chi connectivity index (χ2v) is 6.13. The first kappa shape index (κ1) is 19.2. The number of amides is 1. The van der Waals surface area contributed by atoms with Gasteiger partial charge >= 0.3 is 6.09 Å². The summed E-state index contributed by atoms with van der Waals surface area (Å²) in [5.74, 6) is 0. The van der Waals surface area contributed by atoms with E-state index in [2.05, 4.69) is 17.0 Å². The van der Waals surface area contributed by atoms with Crippen LogP contribution in [0.4, 0.5) is 16.2 Å². The Morgan fingerprint density at radius 2 is 1.86 bits per heavy atom. The second-order valence-electron chi connectivity index (χ2n) is 6.13. The Morgan fingerprint density at radius 3 is 2.54 bits per heavy atom. The normalized spacial score (nSPS) is 11.0. The molecular formula is C21H22N4O3. The van der Waals surface area contributed by atoms with Crippen molar-refractivity contribution in [3.8, 4) is 0 Å². The van der Waals surface area contributed by atoms with Gasteiger partial charge in [0.25, 0.3) is 5.56 Å². The topological polar surface area (TPSA) is 79.7 Å². The molecule has 0 spiro atoms. The Kier molecular flexibility index (Phi) is 5.74. The molecule has 0 saturated carbocycles. The van der Waals surface area contributed by atoms with Gasteiger partial charge in [-0.2, -0.15) is 5.01 Å². The van der Waals surface area contributed by atoms with Crippen LogP contribution < -0.4 is 10.6 Å². The summed E-state index contributed by atoms with van der Waals surface area (Å²) in [5, 5.41) is 4.08. The number of methoxy groups -OCH3 is 1. The zero-order valence-corrected chi connectivity index (χ0v) is 16.0. The molecule has 0 atom stereocenters. The maximum Gasteiger partial charge on any atom is 0.435 e. The van der Waals surface area contributed by atoms with Gasteiger partial charge < -0.3 is 4.74 Å². The number of H-pyrrole nitrogens is 1. The van der Waals surface area contributed by atoms with Crippen LogP contribution in [-0.4, -0.2) is 29.3 Å². The van der Waals surface area contributed by atoms with Crippen LogP contribution in [0.2, 0.25) is 0 Å². The molecule has 1 amide bonds. The van der Waals surface area contributed by atoms with Gasteiger partial charge in [0, 0.05) is 11.9 Å². The van der Waals surface area contributed by atoms with Gasteiger partial charge in [0.2, 0.25) is 0 Å². The number of aliphatic imine (C=N–C) groups is 1. The third-order valence-electron chi connectivity index (χ3n) is 4.35. The molecule has 0 fully saturated rings. The van der Waals surface area contributed by atoms with Crippen molar-refractivity contribution in [3.05, 3.63) is 81.8 Å². The average molecular weight is 378 g/mol. The minimum absolute atomic E-state index is 0.371. The molecule has 0 aliphatic rings. The Morgan fingerprint density at radius 1 is 1.18 bits per heavy atom. The molecule has 7 heteroatoms. The zero-order valence-electron chi connectivity index (χ0n) is 16.0. The largest absolute Gasteiger partial charge is 0.451 e. The molecule has 2 aromatic carbocycles. The summed E-state index contributed by atoms with van der Waals surface area (Å²) in [7, 11) is 1.27. The van der Waals surface area contributed by atoms with Gasteiger partial charge in [-0.15, -0.1) is 4.79 Å². The van der Waals surface area contributed by atoms with Crippen LogP contribution in [0.1, 0.15) is 23.7 Å². The highest BCUT2D eigenvalue weighted by Crippen LogP contribution is 2.19. The van der Waals surface area contributed by atoms with Crippen LogP contribution in [0, 0.1) is 6.92 Å². The lowest BCUT2D eigenvalue weighted by molar-refractivity contribution is 0.174. The molecule has 144 valence electrons. The van der Waals surface area contributed by atoms with E-state index in [1.165, 1.54) is 13.3 Å². The number of benzene rings is 2. The third kappa shape index (κ3) is 3.73. The van der Waals surface area contributed by atoms with Crippen molar-refractivity contribution >= 4 is 23.7 Å².